The molecule has 0 saturated heterocycles. The summed E-state index contributed by atoms with van der Waals surface area (Å²) in [5, 5.41) is 12.9. The summed E-state index contributed by atoms with van der Waals surface area (Å²) in [6, 6.07) is -0.573. The number of aliphatic carboxylic acids is 1. The van der Waals surface area contributed by atoms with E-state index in [0.29, 0.717) is 11.7 Å². The molecule has 0 saturated carbocycles. The Morgan fingerprint density at radius 3 is 2.56 bits per heavy atom. The Morgan fingerprint density at radius 2 is 2.06 bits per heavy atom. The van der Waals surface area contributed by atoms with E-state index in [-0.39, 0.29) is 6.54 Å². The van der Waals surface area contributed by atoms with Crippen LogP contribution in [-0.2, 0) is 11.3 Å². The predicted octanol–water partition coefficient (Wildman–Crippen LogP) is 0.175. The van der Waals surface area contributed by atoms with Gasteiger partial charge in [-0.1, -0.05) is 0 Å². The number of nitrogens with zero attached hydrogens (tertiary/aromatic N) is 1. The summed E-state index contributed by atoms with van der Waals surface area (Å²) in [7, 11) is 0. The summed E-state index contributed by atoms with van der Waals surface area (Å²) in [5.41, 5.74) is 0.766. The molecule has 1 aromatic heterocycles. The number of carbonyl (C=O) groups is 2. The van der Waals surface area contributed by atoms with E-state index in [0.717, 1.165) is 5.69 Å². The zero-order valence-corrected chi connectivity index (χ0v) is 9.03. The normalized spacial score (nSPS) is 9.88. The number of urea groups is 1. The van der Waals surface area contributed by atoms with Gasteiger partial charge in [-0.2, -0.15) is 0 Å². The minimum Gasteiger partial charge on any atom is -0.480 e. The fourth-order valence-corrected chi connectivity index (χ4v) is 0.989. The van der Waals surface area contributed by atoms with Crippen molar-refractivity contribution < 1.29 is 19.1 Å². The third-order valence-electron chi connectivity index (χ3n) is 1.87. The first-order chi connectivity index (χ1) is 7.49. The van der Waals surface area contributed by atoms with Gasteiger partial charge in [0.2, 0.25) is 5.89 Å². The zero-order chi connectivity index (χ0) is 12.1. The van der Waals surface area contributed by atoms with Gasteiger partial charge in [0.15, 0.2) is 0 Å². The molecule has 16 heavy (non-hydrogen) atoms. The number of rotatable bonds is 4. The molecule has 0 fully saturated rings. The average molecular weight is 227 g/mol. The van der Waals surface area contributed by atoms with Gasteiger partial charge in [-0.05, 0) is 13.8 Å². The quantitative estimate of drug-likeness (QED) is 0.680. The number of oxazole rings is 1. The molecule has 0 aromatic carbocycles. The molecular weight excluding hydrogens is 214 g/mol. The number of hydrogen-bond donors (Lipinski definition) is 3. The van der Waals surface area contributed by atoms with Crippen molar-refractivity contribution in [3.05, 3.63) is 17.3 Å². The van der Waals surface area contributed by atoms with Crippen LogP contribution in [0, 0.1) is 13.8 Å². The molecular formula is C9H13N3O4. The Labute approximate surface area is 91.9 Å². The molecule has 1 heterocycles. The number of hydrogen-bond acceptors (Lipinski definition) is 4. The van der Waals surface area contributed by atoms with Crippen LogP contribution in [0.4, 0.5) is 4.79 Å². The lowest BCUT2D eigenvalue weighted by atomic mass is 10.4. The molecule has 1 rings (SSSR count). The molecule has 0 bridgehead atoms. The van der Waals surface area contributed by atoms with Gasteiger partial charge < -0.3 is 20.2 Å². The standard InChI is InChI=1S/C9H13N3O4/c1-5-6(2)16-7(12-5)3-10-9(15)11-4-8(13)14/h3-4H2,1-2H3,(H,13,14)(H2,10,11,15). The van der Waals surface area contributed by atoms with E-state index in [1.165, 1.54) is 0 Å². The van der Waals surface area contributed by atoms with E-state index in [1.54, 1.807) is 13.8 Å². The molecule has 7 nitrogen and oxygen atoms in total. The summed E-state index contributed by atoms with van der Waals surface area (Å²) in [4.78, 5) is 25.3. The van der Waals surface area contributed by atoms with Crippen molar-refractivity contribution in [2.24, 2.45) is 0 Å². The smallest absolute Gasteiger partial charge is 0.323 e. The van der Waals surface area contributed by atoms with Crippen LogP contribution in [0.3, 0.4) is 0 Å². The van der Waals surface area contributed by atoms with Gasteiger partial charge in [-0.15, -0.1) is 0 Å². The van der Waals surface area contributed by atoms with Crippen LogP contribution < -0.4 is 10.6 Å². The molecule has 0 aliphatic carbocycles. The first-order valence-corrected chi connectivity index (χ1v) is 4.65. The molecule has 0 aliphatic heterocycles. The van der Waals surface area contributed by atoms with Crippen LogP contribution in [0.2, 0.25) is 0 Å². The van der Waals surface area contributed by atoms with Crippen LogP contribution in [0.15, 0.2) is 4.42 Å². The third-order valence-corrected chi connectivity index (χ3v) is 1.87. The highest BCUT2D eigenvalue weighted by Gasteiger charge is 2.07. The Hall–Kier alpha value is -2.05. The van der Waals surface area contributed by atoms with E-state index in [4.69, 9.17) is 9.52 Å². The van der Waals surface area contributed by atoms with Crippen molar-refractivity contribution in [3.8, 4) is 0 Å². The van der Waals surface area contributed by atoms with Crippen LogP contribution in [-0.4, -0.2) is 28.6 Å². The number of carboxylic acids is 1. The van der Waals surface area contributed by atoms with Crippen molar-refractivity contribution in [1.29, 1.82) is 0 Å². The lowest BCUT2D eigenvalue weighted by molar-refractivity contribution is -0.135. The number of amides is 2. The molecule has 2 amide bonds. The zero-order valence-electron chi connectivity index (χ0n) is 9.03. The fourth-order valence-electron chi connectivity index (χ4n) is 0.989. The number of aryl methyl sites for hydroxylation is 2. The molecule has 1 aromatic rings. The molecule has 7 heteroatoms. The average Bonchev–Trinajstić information content (AvgIpc) is 2.52. The first-order valence-electron chi connectivity index (χ1n) is 4.65. The Bertz CT molecular complexity index is 380. The van der Waals surface area contributed by atoms with Crippen molar-refractivity contribution >= 4 is 12.0 Å². The van der Waals surface area contributed by atoms with Crippen LogP contribution >= 0.6 is 0 Å². The van der Waals surface area contributed by atoms with Gasteiger partial charge in [0.1, 0.15) is 12.3 Å². The van der Waals surface area contributed by atoms with Gasteiger partial charge in [-0.25, -0.2) is 9.78 Å². The molecule has 0 atom stereocenters. The van der Waals surface area contributed by atoms with E-state index in [9.17, 15) is 9.59 Å². The Balaban J connectivity index is 2.34. The van der Waals surface area contributed by atoms with Gasteiger partial charge in [0.05, 0.1) is 12.2 Å². The molecule has 88 valence electrons. The summed E-state index contributed by atoms with van der Waals surface area (Å²) >= 11 is 0. The van der Waals surface area contributed by atoms with Crippen molar-refractivity contribution in [2.45, 2.75) is 20.4 Å². The van der Waals surface area contributed by atoms with E-state index >= 15 is 0 Å². The SMILES string of the molecule is Cc1nc(CNC(=O)NCC(=O)O)oc1C. The van der Waals surface area contributed by atoms with Gasteiger partial charge in [0, 0.05) is 0 Å². The summed E-state index contributed by atoms with van der Waals surface area (Å²) in [5.74, 6) is -0.0128. The second-order valence-electron chi connectivity index (χ2n) is 3.18. The largest absolute Gasteiger partial charge is 0.480 e. The summed E-state index contributed by atoms with van der Waals surface area (Å²) in [6.45, 7) is 3.28. The number of carbonyl (C=O) groups excluding carboxylic acids is 1. The van der Waals surface area contributed by atoms with E-state index in [2.05, 4.69) is 15.6 Å². The fraction of sp³-hybridized carbons (Fsp3) is 0.444. The van der Waals surface area contributed by atoms with Crippen LogP contribution in [0.1, 0.15) is 17.3 Å². The van der Waals surface area contributed by atoms with Gasteiger partial charge in [0.25, 0.3) is 0 Å². The number of carboxylic acid groups (broad SMARTS) is 1. The van der Waals surface area contributed by atoms with Crippen LogP contribution in [0.25, 0.3) is 0 Å². The maximum Gasteiger partial charge on any atom is 0.323 e. The minimum absolute atomic E-state index is 0.125. The van der Waals surface area contributed by atoms with Crippen LogP contribution in [0.5, 0.6) is 0 Å². The molecule has 3 N–H and O–H groups in total. The van der Waals surface area contributed by atoms with Gasteiger partial charge in [-0.3, -0.25) is 4.79 Å². The highest BCUT2D eigenvalue weighted by atomic mass is 16.4. The monoisotopic (exact) mass is 227 g/mol. The number of nitrogens with one attached hydrogen (secondary N) is 2. The highest BCUT2D eigenvalue weighted by Crippen LogP contribution is 2.07. The molecule has 0 unspecified atom stereocenters. The Kier molecular flexibility index (Phi) is 3.87. The van der Waals surface area contributed by atoms with Crippen molar-refractivity contribution in [2.75, 3.05) is 6.54 Å². The van der Waals surface area contributed by atoms with Gasteiger partial charge >= 0.3 is 12.0 Å². The van der Waals surface area contributed by atoms with Crippen molar-refractivity contribution in [1.82, 2.24) is 15.6 Å². The van der Waals surface area contributed by atoms with Crippen molar-refractivity contribution in [3.63, 3.8) is 0 Å². The maximum atomic E-state index is 11.1. The lowest BCUT2D eigenvalue weighted by Gasteiger charge is -2.02. The summed E-state index contributed by atoms with van der Waals surface area (Å²) < 4.78 is 5.22. The second kappa shape index (κ2) is 5.15. The van der Waals surface area contributed by atoms with E-state index < -0.39 is 18.5 Å². The molecule has 0 spiro atoms. The second-order valence-corrected chi connectivity index (χ2v) is 3.18. The minimum atomic E-state index is -1.10. The highest BCUT2D eigenvalue weighted by molar-refractivity contribution is 5.79. The topological polar surface area (TPSA) is 104 Å². The third kappa shape index (κ3) is 3.60. The lowest BCUT2D eigenvalue weighted by Crippen LogP contribution is -2.38. The predicted molar refractivity (Wildman–Crippen MR) is 53.9 cm³/mol. The molecule has 0 aliphatic rings. The molecule has 0 radical (unpaired) electrons. The first kappa shape index (κ1) is 12.0. The Morgan fingerprint density at radius 1 is 1.38 bits per heavy atom. The number of aromatic nitrogens is 1. The maximum absolute atomic E-state index is 11.1. The summed E-state index contributed by atoms with van der Waals surface area (Å²) in [6.07, 6.45) is 0. The van der Waals surface area contributed by atoms with E-state index in [1.807, 2.05) is 0 Å².